The molecule has 2 aromatic carbocycles. The number of carboxylic acid groups (broad SMARTS) is 1. The number of carbonyl (C=O) groups is 3. The van der Waals surface area contributed by atoms with Gasteiger partial charge in [0.05, 0.1) is 26.7 Å². The van der Waals surface area contributed by atoms with Crippen molar-refractivity contribution in [2.45, 2.75) is 12.5 Å². The molecular formula is C24H24N4O7. The maximum atomic E-state index is 13.0. The molecule has 0 saturated heterocycles. The Morgan fingerprint density at radius 2 is 1.49 bits per heavy atom. The van der Waals surface area contributed by atoms with Crippen LogP contribution in [-0.2, 0) is 4.79 Å². The summed E-state index contributed by atoms with van der Waals surface area (Å²) in [6, 6.07) is 13.6. The number of carbonyl (C=O) groups excluding carboxylic acids is 2. The van der Waals surface area contributed by atoms with Crippen molar-refractivity contribution >= 4 is 17.8 Å². The quantitative estimate of drug-likeness (QED) is 0.340. The third-order valence-corrected chi connectivity index (χ3v) is 5.06. The van der Waals surface area contributed by atoms with Crippen LogP contribution in [0, 0.1) is 0 Å². The van der Waals surface area contributed by atoms with Crippen molar-refractivity contribution in [3.8, 4) is 11.5 Å². The van der Waals surface area contributed by atoms with Gasteiger partial charge in [0.25, 0.3) is 17.4 Å². The number of aliphatic carboxylic acids is 1. The predicted octanol–water partition coefficient (Wildman–Crippen LogP) is 1.51. The van der Waals surface area contributed by atoms with Gasteiger partial charge in [0.1, 0.15) is 17.1 Å². The molecule has 0 aliphatic heterocycles. The molecule has 11 heteroatoms. The zero-order valence-electron chi connectivity index (χ0n) is 19.0. The number of amides is 2. The summed E-state index contributed by atoms with van der Waals surface area (Å²) in [5.74, 6) is -1.59. The number of H-pyrrole nitrogens is 1. The van der Waals surface area contributed by atoms with Crippen molar-refractivity contribution in [2.24, 2.45) is 0 Å². The van der Waals surface area contributed by atoms with Crippen LogP contribution in [0.1, 0.15) is 44.6 Å². The summed E-state index contributed by atoms with van der Waals surface area (Å²) in [5.41, 5.74) is 0.370. The van der Waals surface area contributed by atoms with Gasteiger partial charge in [-0.15, -0.1) is 0 Å². The number of aromatic amines is 1. The van der Waals surface area contributed by atoms with Gasteiger partial charge < -0.3 is 30.2 Å². The van der Waals surface area contributed by atoms with Crippen LogP contribution in [0.25, 0.3) is 0 Å². The van der Waals surface area contributed by atoms with E-state index < -0.39 is 29.4 Å². The first-order valence-corrected chi connectivity index (χ1v) is 10.5. The number of rotatable bonds is 10. The lowest BCUT2D eigenvalue weighted by Crippen LogP contribution is -2.35. The van der Waals surface area contributed by atoms with Crippen molar-refractivity contribution < 1.29 is 29.0 Å². The monoisotopic (exact) mass is 480 g/mol. The van der Waals surface area contributed by atoms with Crippen LogP contribution in [0.4, 0.5) is 0 Å². The number of methoxy groups -OCH3 is 2. The smallest absolute Gasteiger partial charge is 0.305 e. The van der Waals surface area contributed by atoms with Gasteiger partial charge in [-0.3, -0.25) is 19.2 Å². The van der Waals surface area contributed by atoms with Crippen LogP contribution in [0.15, 0.2) is 59.5 Å². The van der Waals surface area contributed by atoms with E-state index in [0.29, 0.717) is 11.5 Å². The molecule has 182 valence electrons. The molecule has 3 aromatic rings. The maximum Gasteiger partial charge on any atom is 0.305 e. The van der Waals surface area contributed by atoms with Crippen LogP contribution in [0.5, 0.6) is 11.5 Å². The highest BCUT2D eigenvalue weighted by molar-refractivity contribution is 5.95. The lowest BCUT2D eigenvalue weighted by molar-refractivity contribution is -0.136. The minimum atomic E-state index is -1.08. The van der Waals surface area contributed by atoms with E-state index in [1.54, 1.807) is 62.8 Å². The molecule has 0 bridgehead atoms. The van der Waals surface area contributed by atoms with E-state index >= 15 is 0 Å². The zero-order valence-corrected chi connectivity index (χ0v) is 19.0. The minimum absolute atomic E-state index is 0.133. The van der Waals surface area contributed by atoms with E-state index in [1.807, 2.05) is 0 Å². The molecule has 35 heavy (non-hydrogen) atoms. The second-order valence-corrected chi connectivity index (χ2v) is 7.33. The molecule has 4 N–H and O–H groups in total. The van der Waals surface area contributed by atoms with Gasteiger partial charge in [-0.1, -0.05) is 24.3 Å². The van der Waals surface area contributed by atoms with Crippen molar-refractivity contribution in [3.05, 3.63) is 87.6 Å². The number of benzene rings is 2. The second-order valence-electron chi connectivity index (χ2n) is 7.33. The fraction of sp³-hybridized carbons (Fsp3) is 0.208. The predicted molar refractivity (Wildman–Crippen MR) is 125 cm³/mol. The number of hydrogen-bond donors (Lipinski definition) is 4. The van der Waals surface area contributed by atoms with Crippen molar-refractivity contribution in [1.29, 1.82) is 0 Å². The fourth-order valence-electron chi connectivity index (χ4n) is 3.20. The van der Waals surface area contributed by atoms with Gasteiger partial charge in [-0.25, -0.2) is 4.98 Å². The van der Waals surface area contributed by atoms with Gasteiger partial charge >= 0.3 is 5.97 Å². The lowest BCUT2D eigenvalue weighted by Gasteiger charge is -2.20. The first-order chi connectivity index (χ1) is 16.8. The van der Waals surface area contributed by atoms with Crippen LogP contribution in [-0.4, -0.2) is 53.6 Å². The minimum Gasteiger partial charge on any atom is -0.497 e. The van der Waals surface area contributed by atoms with E-state index in [2.05, 4.69) is 20.6 Å². The van der Waals surface area contributed by atoms with Gasteiger partial charge in [-0.2, -0.15) is 0 Å². The number of nitrogens with one attached hydrogen (secondary N) is 3. The number of nitrogens with zero attached hydrogens (tertiary/aromatic N) is 1. The molecule has 0 unspecified atom stereocenters. The second kappa shape index (κ2) is 11.5. The lowest BCUT2D eigenvalue weighted by atomic mass is 9.98. The number of hydrogen-bond acceptors (Lipinski definition) is 7. The average molecular weight is 480 g/mol. The molecular weight excluding hydrogens is 456 g/mol. The van der Waals surface area contributed by atoms with E-state index in [-0.39, 0.29) is 24.4 Å². The van der Waals surface area contributed by atoms with Crippen LogP contribution in [0.2, 0.25) is 0 Å². The van der Waals surface area contributed by atoms with Crippen molar-refractivity contribution in [2.75, 3.05) is 20.8 Å². The Morgan fingerprint density at radius 1 is 0.943 bits per heavy atom. The van der Waals surface area contributed by atoms with Crippen LogP contribution in [0.3, 0.4) is 0 Å². The average Bonchev–Trinajstić information content (AvgIpc) is 2.87. The summed E-state index contributed by atoms with van der Waals surface area (Å²) in [6.07, 6.45) is 0.716. The molecule has 0 atom stereocenters. The summed E-state index contributed by atoms with van der Waals surface area (Å²) in [4.78, 5) is 54.3. The number of aromatic nitrogens is 2. The van der Waals surface area contributed by atoms with E-state index in [1.165, 1.54) is 0 Å². The Balaban J connectivity index is 1.84. The highest BCUT2D eigenvalue weighted by Crippen LogP contribution is 2.26. The maximum absolute atomic E-state index is 13.0. The van der Waals surface area contributed by atoms with E-state index in [9.17, 15) is 19.2 Å². The van der Waals surface area contributed by atoms with Gasteiger partial charge in [-0.05, 0) is 35.4 Å². The summed E-state index contributed by atoms with van der Waals surface area (Å²) in [5, 5.41) is 13.8. The Kier molecular flexibility index (Phi) is 8.17. The first kappa shape index (κ1) is 25.0. The summed E-state index contributed by atoms with van der Waals surface area (Å²) >= 11 is 0. The van der Waals surface area contributed by atoms with Crippen LogP contribution >= 0.6 is 0 Å². The molecule has 1 aromatic heterocycles. The van der Waals surface area contributed by atoms with Crippen LogP contribution < -0.4 is 25.7 Å². The SMILES string of the molecule is COc1ccc(C(NC(=O)c2cnc(C(=O)NCCC(=O)O)[nH]c2=O)c2ccc(OC)cc2)cc1. The molecule has 0 spiro atoms. The molecule has 0 radical (unpaired) electrons. The van der Waals surface area contributed by atoms with E-state index in [4.69, 9.17) is 14.6 Å². The molecule has 1 heterocycles. The molecule has 0 saturated carbocycles. The first-order valence-electron chi connectivity index (χ1n) is 10.5. The highest BCUT2D eigenvalue weighted by Gasteiger charge is 2.21. The molecule has 3 rings (SSSR count). The topological polar surface area (TPSA) is 160 Å². The number of ether oxygens (including phenoxy) is 2. The molecule has 2 amide bonds. The van der Waals surface area contributed by atoms with E-state index in [0.717, 1.165) is 17.3 Å². The Bertz CT molecular complexity index is 1210. The third kappa shape index (κ3) is 6.44. The molecule has 11 nitrogen and oxygen atoms in total. The van der Waals surface area contributed by atoms with Crippen molar-refractivity contribution in [3.63, 3.8) is 0 Å². The Labute approximate surface area is 200 Å². The molecule has 0 fully saturated rings. The standard InChI is InChI=1S/C24H24N4O7/c1-34-16-7-3-14(4-8-16)20(15-5-9-17(35-2)10-6-15)27-22(31)18-13-26-21(28-23(18)32)24(33)25-12-11-19(29)30/h3-10,13,20H,11-12H2,1-2H3,(H,25,33)(H,27,31)(H,29,30)(H,26,28,32). The summed E-state index contributed by atoms with van der Waals surface area (Å²) in [6.45, 7) is -0.133. The number of carboxylic acids is 1. The Hall–Kier alpha value is -4.67. The zero-order chi connectivity index (χ0) is 25.4. The normalized spacial score (nSPS) is 10.5. The summed E-state index contributed by atoms with van der Waals surface area (Å²) < 4.78 is 10.4. The summed E-state index contributed by atoms with van der Waals surface area (Å²) in [7, 11) is 3.10. The van der Waals surface area contributed by atoms with Gasteiger partial charge in [0, 0.05) is 12.7 Å². The van der Waals surface area contributed by atoms with Crippen molar-refractivity contribution in [1.82, 2.24) is 20.6 Å². The highest BCUT2D eigenvalue weighted by atomic mass is 16.5. The van der Waals surface area contributed by atoms with Gasteiger partial charge in [0.2, 0.25) is 0 Å². The Morgan fingerprint density at radius 3 is 1.94 bits per heavy atom. The molecule has 0 aliphatic carbocycles. The molecule has 0 aliphatic rings. The van der Waals surface area contributed by atoms with Gasteiger partial charge in [0.15, 0.2) is 5.82 Å². The largest absolute Gasteiger partial charge is 0.497 e. The third-order valence-electron chi connectivity index (χ3n) is 5.06. The fourth-order valence-corrected chi connectivity index (χ4v) is 3.20.